The number of benzene rings is 2. The quantitative estimate of drug-likeness (QED) is 0.535. The fourth-order valence-corrected chi connectivity index (χ4v) is 4.24. The van der Waals surface area contributed by atoms with Gasteiger partial charge in [0, 0.05) is 37.4 Å². The number of halogens is 4. The number of hydrogen-bond acceptors (Lipinski definition) is 5. The molecule has 0 aliphatic carbocycles. The number of anilines is 1. The first kappa shape index (κ1) is 26.9. The Morgan fingerprint density at radius 2 is 1.69 bits per heavy atom. The van der Waals surface area contributed by atoms with E-state index in [1.165, 1.54) is 18.2 Å². The minimum atomic E-state index is -5.08. The molecule has 3 N–H and O–H groups in total. The van der Waals surface area contributed by atoms with Gasteiger partial charge in [0.25, 0.3) is 5.91 Å². The van der Waals surface area contributed by atoms with Gasteiger partial charge >= 0.3 is 12.1 Å². The third-order valence-corrected chi connectivity index (χ3v) is 6.13. The molecule has 0 aromatic heterocycles. The highest BCUT2D eigenvalue weighted by Gasteiger charge is 2.50. The third-order valence-electron chi connectivity index (χ3n) is 6.13. The third kappa shape index (κ3) is 6.51. The zero-order valence-electron chi connectivity index (χ0n) is 19.2. The topological polar surface area (TPSA) is 102 Å². The van der Waals surface area contributed by atoms with Crippen LogP contribution in [0, 0.1) is 5.82 Å². The van der Waals surface area contributed by atoms with Gasteiger partial charge < -0.3 is 25.5 Å². The van der Waals surface area contributed by atoms with Crippen molar-refractivity contribution < 1.29 is 37.1 Å². The highest BCUT2D eigenvalue weighted by atomic mass is 19.4. The summed E-state index contributed by atoms with van der Waals surface area (Å²) < 4.78 is 45.0. The number of piperidine rings is 1. The molecule has 2 amide bonds. The van der Waals surface area contributed by atoms with E-state index in [4.69, 9.17) is 9.90 Å². The van der Waals surface area contributed by atoms with E-state index in [2.05, 4.69) is 20.4 Å². The van der Waals surface area contributed by atoms with Crippen LogP contribution in [0.15, 0.2) is 54.6 Å². The molecule has 0 saturated carbocycles. The van der Waals surface area contributed by atoms with Crippen molar-refractivity contribution in [1.29, 1.82) is 0 Å². The van der Waals surface area contributed by atoms with Crippen LogP contribution in [0.3, 0.4) is 0 Å². The molecule has 2 aliphatic heterocycles. The minimum absolute atomic E-state index is 0.0976. The van der Waals surface area contributed by atoms with E-state index in [1.54, 1.807) is 6.07 Å². The molecule has 0 bridgehead atoms. The van der Waals surface area contributed by atoms with Gasteiger partial charge in [0.05, 0.1) is 6.67 Å². The van der Waals surface area contributed by atoms with Gasteiger partial charge in [0.1, 0.15) is 11.4 Å². The monoisotopic (exact) mass is 510 g/mol. The fraction of sp³-hybridized carbons (Fsp3) is 0.375. The molecular formula is C24H26F4N4O4. The standard InChI is InChI=1S/C22H25FN4O2.C2HF3O2/c23-18-6-4-5-17(15-18)20(28)24-11-14-26-12-9-22(10-13-26)21(29)25-16-27(22)19-7-2-1-3-8-19;3-2(4,5)1(6)7/h1-8,15H,9-14,16H2,(H,24,28)(H,25,29);(H,6,7). The molecule has 2 saturated heterocycles. The highest BCUT2D eigenvalue weighted by molar-refractivity contribution is 5.94. The molecular weight excluding hydrogens is 484 g/mol. The Morgan fingerprint density at radius 3 is 2.28 bits per heavy atom. The van der Waals surface area contributed by atoms with Crippen molar-refractivity contribution in [2.24, 2.45) is 0 Å². The van der Waals surface area contributed by atoms with Gasteiger partial charge in [-0.25, -0.2) is 9.18 Å². The van der Waals surface area contributed by atoms with Gasteiger partial charge in [0.15, 0.2) is 0 Å². The van der Waals surface area contributed by atoms with E-state index in [0.717, 1.165) is 31.6 Å². The largest absolute Gasteiger partial charge is 0.490 e. The molecule has 0 atom stereocenters. The van der Waals surface area contributed by atoms with E-state index in [-0.39, 0.29) is 11.8 Å². The predicted octanol–water partition coefficient (Wildman–Crippen LogP) is 2.62. The molecule has 2 fully saturated rings. The van der Waals surface area contributed by atoms with Crippen LogP contribution in [-0.2, 0) is 9.59 Å². The van der Waals surface area contributed by atoms with Gasteiger partial charge in [-0.1, -0.05) is 24.3 Å². The molecule has 194 valence electrons. The molecule has 2 aromatic carbocycles. The SMILES string of the molecule is O=C(NCCN1CCC2(CC1)C(=O)NCN2c1ccccc1)c1cccc(F)c1.O=C(O)C(F)(F)F. The second-order valence-electron chi connectivity index (χ2n) is 8.37. The number of nitrogens with one attached hydrogen (secondary N) is 2. The van der Waals surface area contributed by atoms with Crippen molar-refractivity contribution in [2.45, 2.75) is 24.6 Å². The van der Waals surface area contributed by atoms with Gasteiger partial charge in [0.2, 0.25) is 5.91 Å². The number of carbonyl (C=O) groups excluding carboxylic acids is 2. The lowest BCUT2D eigenvalue weighted by atomic mass is 9.85. The summed E-state index contributed by atoms with van der Waals surface area (Å²) in [6, 6.07) is 15.7. The van der Waals surface area contributed by atoms with Crippen molar-refractivity contribution in [3.63, 3.8) is 0 Å². The molecule has 4 rings (SSSR count). The van der Waals surface area contributed by atoms with Crippen LogP contribution < -0.4 is 15.5 Å². The van der Waals surface area contributed by atoms with Crippen LogP contribution in [0.5, 0.6) is 0 Å². The van der Waals surface area contributed by atoms with E-state index in [0.29, 0.717) is 25.3 Å². The minimum Gasteiger partial charge on any atom is -0.475 e. The maximum absolute atomic E-state index is 13.2. The maximum atomic E-state index is 13.2. The Bertz CT molecular complexity index is 1070. The fourth-order valence-electron chi connectivity index (χ4n) is 4.24. The summed E-state index contributed by atoms with van der Waals surface area (Å²) in [6.45, 7) is 3.28. The molecule has 12 heteroatoms. The number of likely N-dealkylation sites (tertiary alicyclic amines) is 1. The first-order valence-corrected chi connectivity index (χ1v) is 11.2. The molecule has 1 spiro atoms. The molecule has 2 aliphatic rings. The van der Waals surface area contributed by atoms with Crippen LogP contribution in [-0.4, -0.2) is 72.4 Å². The number of hydrogen-bond donors (Lipinski definition) is 3. The number of carboxylic acid groups (broad SMARTS) is 1. The molecule has 36 heavy (non-hydrogen) atoms. The van der Waals surface area contributed by atoms with Crippen molar-refractivity contribution in [3.8, 4) is 0 Å². The number of alkyl halides is 3. The normalized spacial score (nSPS) is 17.2. The van der Waals surface area contributed by atoms with E-state index < -0.39 is 23.5 Å². The number of rotatable bonds is 5. The number of nitrogens with zero attached hydrogens (tertiary/aromatic N) is 2. The van der Waals surface area contributed by atoms with Gasteiger partial charge in [-0.05, 0) is 43.2 Å². The zero-order chi connectivity index (χ0) is 26.3. The van der Waals surface area contributed by atoms with Crippen LogP contribution in [0.2, 0.25) is 0 Å². The first-order chi connectivity index (χ1) is 17.0. The Morgan fingerprint density at radius 1 is 1.06 bits per heavy atom. The lowest BCUT2D eigenvalue weighted by molar-refractivity contribution is -0.192. The molecule has 8 nitrogen and oxygen atoms in total. The van der Waals surface area contributed by atoms with Crippen molar-refractivity contribution in [1.82, 2.24) is 15.5 Å². The van der Waals surface area contributed by atoms with Crippen LogP contribution in [0.1, 0.15) is 23.2 Å². The summed E-state index contributed by atoms with van der Waals surface area (Å²) >= 11 is 0. The van der Waals surface area contributed by atoms with Crippen LogP contribution in [0.4, 0.5) is 23.2 Å². The summed E-state index contributed by atoms with van der Waals surface area (Å²) in [4.78, 5) is 38.1. The Hall–Kier alpha value is -3.67. The second kappa shape index (κ2) is 11.4. The highest BCUT2D eigenvalue weighted by Crippen LogP contribution is 2.36. The number of aliphatic carboxylic acids is 1. The summed E-state index contributed by atoms with van der Waals surface area (Å²) in [6.07, 6.45) is -3.60. The Labute approximate surface area is 204 Å². The molecule has 0 unspecified atom stereocenters. The zero-order valence-corrected chi connectivity index (χ0v) is 19.2. The average Bonchev–Trinajstić information content (AvgIpc) is 3.16. The number of carboxylic acids is 1. The number of para-hydroxylation sites is 1. The summed E-state index contributed by atoms with van der Waals surface area (Å²) in [5.74, 6) is -3.35. The summed E-state index contributed by atoms with van der Waals surface area (Å²) in [7, 11) is 0. The van der Waals surface area contributed by atoms with Gasteiger partial charge in [-0.2, -0.15) is 13.2 Å². The summed E-state index contributed by atoms with van der Waals surface area (Å²) in [5.41, 5.74) is 0.883. The van der Waals surface area contributed by atoms with Crippen molar-refractivity contribution >= 4 is 23.5 Å². The summed E-state index contributed by atoms with van der Waals surface area (Å²) in [5, 5.41) is 13.0. The lowest BCUT2D eigenvalue weighted by Gasteiger charge is -2.43. The Kier molecular flexibility index (Phi) is 8.51. The van der Waals surface area contributed by atoms with Crippen molar-refractivity contribution in [3.05, 3.63) is 66.0 Å². The molecule has 2 aromatic rings. The van der Waals surface area contributed by atoms with Crippen molar-refractivity contribution in [2.75, 3.05) is 37.7 Å². The average molecular weight is 510 g/mol. The second-order valence-corrected chi connectivity index (χ2v) is 8.37. The first-order valence-electron chi connectivity index (χ1n) is 11.2. The Balaban J connectivity index is 0.000000454. The lowest BCUT2D eigenvalue weighted by Crippen LogP contribution is -2.57. The molecule has 2 heterocycles. The molecule has 0 radical (unpaired) electrons. The number of carbonyl (C=O) groups is 3. The smallest absolute Gasteiger partial charge is 0.475 e. The van der Waals surface area contributed by atoms with Crippen LogP contribution in [0.25, 0.3) is 0 Å². The van der Waals surface area contributed by atoms with Gasteiger partial charge in [-0.15, -0.1) is 0 Å². The van der Waals surface area contributed by atoms with E-state index in [1.807, 2.05) is 30.3 Å². The number of amides is 2. The van der Waals surface area contributed by atoms with Crippen LogP contribution >= 0.6 is 0 Å². The predicted molar refractivity (Wildman–Crippen MR) is 123 cm³/mol. The van der Waals surface area contributed by atoms with Gasteiger partial charge in [-0.3, -0.25) is 9.59 Å². The van der Waals surface area contributed by atoms with E-state index in [9.17, 15) is 27.2 Å². The maximum Gasteiger partial charge on any atom is 0.490 e. The van der Waals surface area contributed by atoms with E-state index >= 15 is 0 Å².